The van der Waals surface area contributed by atoms with Crippen LogP contribution in [-0.4, -0.2) is 9.36 Å². The SMILES string of the molecule is Cn1c2ccc(Br)cc2n1C. The molecule has 0 saturated carbocycles. The Balaban J connectivity index is 2.77. The molecule has 2 aromatic rings. The average molecular weight is 213 g/mol. The van der Waals surface area contributed by atoms with Crippen LogP contribution >= 0.6 is 15.9 Å². The second kappa shape index (κ2) is 2.14. The van der Waals surface area contributed by atoms with Gasteiger partial charge in [0, 0.05) is 18.6 Å². The lowest BCUT2D eigenvalue weighted by Gasteiger charge is -2.19. The van der Waals surface area contributed by atoms with E-state index >= 15 is 0 Å². The maximum absolute atomic E-state index is 3.43. The van der Waals surface area contributed by atoms with Gasteiger partial charge in [0.05, 0.1) is 11.0 Å². The molecular weight excluding hydrogens is 204 g/mol. The van der Waals surface area contributed by atoms with Gasteiger partial charge in [0.25, 0.3) is 0 Å². The maximum atomic E-state index is 3.43. The number of benzene rings is 1. The van der Waals surface area contributed by atoms with Crippen molar-refractivity contribution in [3.05, 3.63) is 22.7 Å². The Labute approximate surface area is 73.5 Å². The summed E-state index contributed by atoms with van der Waals surface area (Å²) in [6.45, 7) is 0. The molecule has 58 valence electrons. The highest BCUT2D eigenvalue weighted by Crippen LogP contribution is 2.21. The molecule has 0 amide bonds. The van der Waals surface area contributed by atoms with E-state index in [0.29, 0.717) is 0 Å². The molecular formula is C8H9BrN2. The first-order valence-corrected chi connectivity index (χ1v) is 4.26. The third-order valence-corrected chi connectivity index (χ3v) is 2.58. The number of hydrogen-bond acceptors (Lipinski definition) is 0. The summed E-state index contributed by atoms with van der Waals surface area (Å²) < 4.78 is 5.36. The fourth-order valence-electron chi connectivity index (χ4n) is 1.31. The van der Waals surface area contributed by atoms with Crippen molar-refractivity contribution < 1.29 is 0 Å². The van der Waals surface area contributed by atoms with Gasteiger partial charge in [-0.05, 0) is 18.2 Å². The van der Waals surface area contributed by atoms with E-state index in [1.807, 2.05) is 0 Å². The van der Waals surface area contributed by atoms with Crippen LogP contribution in [0.15, 0.2) is 22.7 Å². The largest absolute Gasteiger partial charge is 0.286 e. The lowest BCUT2D eigenvalue weighted by atomic mass is 10.3. The predicted molar refractivity (Wildman–Crippen MR) is 49.6 cm³/mol. The fourth-order valence-corrected chi connectivity index (χ4v) is 1.66. The van der Waals surface area contributed by atoms with Gasteiger partial charge in [-0.3, -0.25) is 9.36 Å². The molecule has 0 atom stereocenters. The van der Waals surface area contributed by atoms with Gasteiger partial charge >= 0.3 is 0 Å². The van der Waals surface area contributed by atoms with Crippen molar-refractivity contribution in [2.45, 2.75) is 0 Å². The highest BCUT2D eigenvalue weighted by Gasteiger charge is 2.05. The number of aryl methyl sites for hydroxylation is 2. The van der Waals surface area contributed by atoms with Gasteiger partial charge < -0.3 is 0 Å². The molecule has 0 saturated heterocycles. The highest BCUT2D eigenvalue weighted by molar-refractivity contribution is 9.10. The van der Waals surface area contributed by atoms with Gasteiger partial charge in [0.1, 0.15) is 0 Å². The third-order valence-electron chi connectivity index (χ3n) is 2.08. The molecule has 0 radical (unpaired) electrons. The number of halogens is 1. The summed E-state index contributed by atoms with van der Waals surface area (Å²) in [5.74, 6) is 0. The Hall–Kier alpha value is -0.700. The van der Waals surface area contributed by atoms with Crippen LogP contribution in [0.4, 0.5) is 0 Å². The van der Waals surface area contributed by atoms with Crippen LogP contribution < -0.4 is 0 Å². The molecule has 2 rings (SSSR count). The quantitative estimate of drug-likeness (QED) is 0.635. The van der Waals surface area contributed by atoms with Crippen molar-refractivity contribution in [2.24, 2.45) is 14.1 Å². The summed E-state index contributed by atoms with van der Waals surface area (Å²) in [4.78, 5) is 0. The second-order valence-electron chi connectivity index (χ2n) is 2.68. The molecule has 0 aliphatic carbocycles. The second-order valence-corrected chi connectivity index (χ2v) is 3.60. The van der Waals surface area contributed by atoms with Crippen LogP contribution in [0.1, 0.15) is 0 Å². The molecule has 3 heteroatoms. The van der Waals surface area contributed by atoms with Gasteiger partial charge in [0.2, 0.25) is 0 Å². The van der Waals surface area contributed by atoms with Gasteiger partial charge in [0.15, 0.2) is 0 Å². The zero-order valence-corrected chi connectivity index (χ0v) is 8.09. The predicted octanol–water partition coefficient (Wildman–Crippen LogP) is 2.28. The van der Waals surface area contributed by atoms with Crippen LogP contribution in [-0.2, 0) is 14.1 Å². The zero-order valence-electron chi connectivity index (χ0n) is 6.50. The summed E-state index contributed by atoms with van der Waals surface area (Å²) in [5.41, 5.74) is 2.57. The van der Waals surface area contributed by atoms with Crippen LogP contribution in [0.25, 0.3) is 11.0 Å². The van der Waals surface area contributed by atoms with Gasteiger partial charge in [-0.2, -0.15) is 0 Å². The minimum absolute atomic E-state index is 1.14. The van der Waals surface area contributed by atoms with Crippen LogP contribution in [0, 0.1) is 0 Å². The molecule has 0 N–H and O–H groups in total. The minimum atomic E-state index is 1.14. The lowest BCUT2D eigenvalue weighted by molar-refractivity contribution is 0.588. The summed E-state index contributed by atoms with van der Waals surface area (Å²) >= 11 is 3.43. The molecule has 0 aliphatic heterocycles. The van der Waals surface area contributed by atoms with Crippen molar-refractivity contribution in [2.75, 3.05) is 0 Å². The number of hydrogen-bond donors (Lipinski definition) is 0. The van der Waals surface area contributed by atoms with E-state index in [2.05, 4.69) is 57.6 Å². The first-order valence-electron chi connectivity index (χ1n) is 3.47. The van der Waals surface area contributed by atoms with Crippen molar-refractivity contribution in [3.63, 3.8) is 0 Å². The van der Waals surface area contributed by atoms with Crippen molar-refractivity contribution in [1.29, 1.82) is 0 Å². The Morgan fingerprint density at radius 3 is 2.45 bits per heavy atom. The van der Waals surface area contributed by atoms with E-state index < -0.39 is 0 Å². The number of nitrogens with zero attached hydrogens (tertiary/aromatic N) is 2. The molecule has 0 unspecified atom stereocenters. The molecule has 1 heterocycles. The summed E-state index contributed by atoms with van der Waals surface area (Å²) in [5, 5.41) is 0. The van der Waals surface area contributed by atoms with Crippen LogP contribution in [0.5, 0.6) is 0 Å². The van der Waals surface area contributed by atoms with E-state index in [1.54, 1.807) is 0 Å². The minimum Gasteiger partial charge on any atom is -0.286 e. The average Bonchev–Trinajstić information content (AvgIpc) is 2.03. The monoisotopic (exact) mass is 212 g/mol. The molecule has 0 spiro atoms. The van der Waals surface area contributed by atoms with Crippen molar-refractivity contribution in [1.82, 2.24) is 9.36 Å². The molecule has 0 aliphatic rings. The Morgan fingerprint density at radius 1 is 1.09 bits per heavy atom. The van der Waals surface area contributed by atoms with Gasteiger partial charge in [-0.1, -0.05) is 15.9 Å². The Kier molecular flexibility index (Phi) is 1.36. The maximum Gasteiger partial charge on any atom is 0.0833 e. The third kappa shape index (κ3) is 0.839. The smallest absolute Gasteiger partial charge is 0.0833 e. The van der Waals surface area contributed by atoms with Crippen molar-refractivity contribution in [3.8, 4) is 0 Å². The summed E-state index contributed by atoms with van der Waals surface area (Å²) in [6, 6.07) is 6.29. The van der Waals surface area contributed by atoms with Crippen molar-refractivity contribution >= 4 is 27.0 Å². The molecule has 2 nitrogen and oxygen atoms in total. The fraction of sp³-hybridized carbons (Fsp3) is 0.250. The normalized spacial score (nSPS) is 11.2. The van der Waals surface area contributed by atoms with Crippen LogP contribution in [0.3, 0.4) is 0 Å². The topological polar surface area (TPSA) is 9.86 Å². The zero-order chi connectivity index (χ0) is 8.01. The van der Waals surface area contributed by atoms with E-state index in [4.69, 9.17) is 0 Å². The number of fused-ring (bicyclic) bond motifs is 1. The molecule has 0 bridgehead atoms. The Morgan fingerprint density at radius 2 is 1.73 bits per heavy atom. The van der Waals surface area contributed by atoms with Gasteiger partial charge in [-0.25, -0.2) is 0 Å². The summed E-state index contributed by atoms with van der Waals surface area (Å²) in [7, 11) is 4.10. The standard InChI is InChI=1S/C8H9BrN2/c1-10-7-4-3-6(9)5-8(7)11(10)2/h3-5H,1-2H3. The highest BCUT2D eigenvalue weighted by atomic mass is 79.9. The number of rotatable bonds is 0. The Bertz CT molecular complexity index is 397. The van der Waals surface area contributed by atoms with E-state index in [9.17, 15) is 0 Å². The molecule has 0 fully saturated rings. The molecule has 1 aromatic heterocycles. The van der Waals surface area contributed by atoms with E-state index in [0.717, 1.165) is 4.47 Å². The first-order chi connectivity index (χ1) is 5.20. The van der Waals surface area contributed by atoms with Gasteiger partial charge in [-0.15, -0.1) is 0 Å². The van der Waals surface area contributed by atoms with Crippen LogP contribution in [0.2, 0.25) is 0 Å². The lowest BCUT2D eigenvalue weighted by Crippen LogP contribution is -2.16. The first kappa shape index (κ1) is 6.98. The molecule has 1 aromatic carbocycles. The summed E-state index contributed by atoms with van der Waals surface area (Å²) in [6.07, 6.45) is 0. The molecule has 11 heavy (non-hydrogen) atoms. The number of aromatic nitrogens is 2. The van der Waals surface area contributed by atoms with E-state index in [-0.39, 0.29) is 0 Å². The van der Waals surface area contributed by atoms with E-state index in [1.165, 1.54) is 11.0 Å².